The summed E-state index contributed by atoms with van der Waals surface area (Å²) in [5, 5.41) is 0.594. The van der Waals surface area contributed by atoms with E-state index in [2.05, 4.69) is 15.9 Å². The molecule has 0 atom stereocenters. The van der Waals surface area contributed by atoms with Gasteiger partial charge in [0, 0.05) is 15.5 Å². The van der Waals surface area contributed by atoms with E-state index in [1.807, 2.05) is 32.9 Å². The fourth-order valence-electron chi connectivity index (χ4n) is 2.04. The van der Waals surface area contributed by atoms with Crippen LogP contribution in [0.15, 0.2) is 39.2 Å². The Labute approximate surface area is 138 Å². The molecule has 0 fully saturated rings. The fraction of sp³-hybridized carbons (Fsp3) is 0.312. The summed E-state index contributed by atoms with van der Waals surface area (Å²) in [6.45, 7) is 6.30. The summed E-state index contributed by atoms with van der Waals surface area (Å²) in [6.07, 6.45) is 0. The van der Waals surface area contributed by atoms with Crippen LogP contribution in [0.1, 0.15) is 35.7 Å². The van der Waals surface area contributed by atoms with Gasteiger partial charge >= 0.3 is 0 Å². The number of aryl methyl sites for hydroxylation is 1. The number of benzene rings is 1. The van der Waals surface area contributed by atoms with Crippen LogP contribution in [0.3, 0.4) is 0 Å². The first-order valence-electron chi connectivity index (χ1n) is 6.70. The number of carbonyl (C=O) groups is 1. The predicted octanol–water partition coefficient (Wildman–Crippen LogP) is 5.05. The molecule has 21 heavy (non-hydrogen) atoms. The SMILES string of the molecule is Cc1ccc(CN(C(=O)c2ccc(Cl)cc2Br)C(C)C)o1. The van der Waals surface area contributed by atoms with Gasteiger partial charge in [0.05, 0.1) is 12.1 Å². The molecule has 5 heteroatoms. The van der Waals surface area contributed by atoms with Crippen LogP contribution in [0.5, 0.6) is 0 Å². The molecule has 3 nitrogen and oxygen atoms in total. The lowest BCUT2D eigenvalue weighted by molar-refractivity contribution is 0.0674. The fourth-order valence-corrected chi connectivity index (χ4v) is 2.90. The average molecular weight is 371 g/mol. The number of amides is 1. The molecule has 0 aliphatic carbocycles. The Morgan fingerprint density at radius 3 is 2.57 bits per heavy atom. The summed E-state index contributed by atoms with van der Waals surface area (Å²) in [7, 11) is 0. The number of nitrogens with zero attached hydrogens (tertiary/aromatic N) is 1. The minimum Gasteiger partial charge on any atom is -0.464 e. The lowest BCUT2D eigenvalue weighted by atomic mass is 10.1. The standard InChI is InChI=1S/C16H17BrClNO2/c1-10(2)19(9-13-6-4-11(3)21-13)16(20)14-7-5-12(18)8-15(14)17/h4-8,10H,9H2,1-3H3. The number of carbonyl (C=O) groups excluding carboxylic acids is 1. The van der Waals surface area contributed by atoms with Crippen LogP contribution in [0, 0.1) is 6.92 Å². The van der Waals surface area contributed by atoms with Crippen molar-refractivity contribution in [1.29, 1.82) is 0 Å². The van der Waals surface area contributed by atoms with Gasteiger partial charge in [-0.25, -0.2) is 0 Å². The summed E-state index contributed by atoms with van der Waals surface area (Å²) in [5.74, 6) is 1.57. The van der Waals surface area contributed by atoms with E-state index in [4.69, 9.17) is 16.0 Å². The van der Waals surface area contributed by atoms with Crippen molar-refractivity contribution in [1.82, 2.24) is 4.90 Å². The maximum atomic E-state index is 12.7. The highest BCUT2D eigenvalue weighted by atomic mass is 79.9. The van der Waals surface area contributed by atoms with E-state index < -0.39 is 0 Å². The molecule has 1 aromatic heterocycles. The van der Waals surface area contributed by atoms with Crippen LogP contribution >= 0.6 is 27.5 Å². The first-order chi connectivity index (χ1) is 9.88. The Hall–Kier alpha value is -1.26. The van der Waals surface area contributed by atoms with Crippen LogP contribution in [-0.4, -0.2) is 16.8 Å². The first kappa shape index (κ1) is 16.1. The van der Waals surface area contributed by atoms with E-state index in [0.29, 0.717) is 21.6 Å². The number of halogens is 2. The topological polar surface area (TPSA) is 33.5 Å². The molecular weight excluding hydrogens is 354 g/mol. The Morgan fingerprint density at radius 2 is 2.05 bits per heavy atom. The Morgan fingerprint density at radius 1 is 1.33 bits per heavy atom. The van der Waals surface area contributed by atoms with Crippen LogP contribution in [-0.2, 0) is 6.54 Å². The normalized spacial score (nSPS) is 11.0. The lowest BCUT2D eigenvalue weighted by Crippen LogP contribution is -2.36. The van der Waals surface area contributed by atoms with Crippen LogP contribution in [0.4, 0.5) is 0 Å². The Kier molecular flexibility index (Phi) is 5.12. The van der Waals surface area contributed by atoms with Gasteiger partial charge in [-0.05, 0) is 67.0 Å². The van der Waals surface area contributed by atoms with E-state index in [9.17, 15) is 4.79 Å². The highest BCUT2D eigenvalue weighted by Gasteiger charge is 2.22. The molecule has 0 saturated carbocycles. The molecule has 0 unspecified atom stereocenters. The molecule has 1 amide bonds. The lowest BCUT2D eigenvalue weighted by Gasteiger charge is -2.26. The molecule has 112 valence electrons. The van der Waals surface area contributed by atoms with E-state index >= 15 is 0 Å². The molecule has 0 radical (unpaired) electrons. The van der Waals surface area contributed by atoms with Gasteiger partial charge < -0.3 is 9.32 Å². The van der Waals surface area contributed by atoms with Crippen molar-refractivity contribution in [3.63, 3.8) is 0 Å². The van der Waals surface area contributed by atoms with Crippen molar-refractivity contribution in [2.75, 3.05) is 0 Å². The third kappa shape index (κ3) is 3.89. The zero-order chi connectivity index (χ0) is 15.6. The second-order valence-corrected chi connectivity index (χ2v) is 6.45. The predicted molar refractivity (Wildman–Crippen MR) is 87.6 cm³/mol. The molecule has 1 aromatic carbocycles. The molecule has 0 spiro atoms. The van der Waals surface area contributed by atoms with E-state index in [-0.39, 0.29) is 11.9 Å². The maximum absolute atomic E-state index is 12.7. The minimum atomic E-state index is -0.0532. The second-order valence-electron chi connectivity index (χ2n) is 5.16. The van der Waals surface area contributed by atoms with Gasteiger partial charge in [-0.2, -0.15) is 0 Å². The van der Waals surface area contributed by atoms with E-state index in [1.54, 1.807) is 23.1 Å². The smallest absolute Gasteiger partial charge is 0.255 e. The molecule has 0 aliphatic heterocycles. The highest BCUT2D eigenvalue weighted by molar-refractivity contribution is 9.10. The third-order valence-electron chi connectivity index (χ3n) is 3.17. The van der Waals surface area contributed by atoms with Crippen molar-refractivity contribution in [3.8, 4) is 0 Å². The van der Waals surface area contributed by atoms with Crippen molar-refractivity contribution in [2.45, 2.75) is 33.4 Å². The monoisotopic (exact) mass is 369 g/mol. The van der Waals surface area contributed by atoms with Crippen LogP contribution < -0.4 is 0 Å². The number of hydrogen-bond acceptors (Lipinski definition) is 2. The maximum Gasteiger partial charge on any atom is 0.255 e. The van der Waals surface area contributed by atoms with Gasteiger partial charge in [0.2, 0.25) is 0 Å². The quantitative estimate of drug-likeness (QED) is 0.754. The minimum absolute atomic E-state index is 0.0532. The van der Waals surface area contributed by atoms with Crippen molar-refractivity contribution >= 4 is 33.4 Å². The summed E-state index contributed by atoms with van der Waals surface area (Å²) in [4.78, 5) is 14.5. The molecule has 0 N–H and O–H groups in total. The molecule has 0 saturated heterocycles. The third-order valence-corrected chi connectivity index (χ3v) is 4.06. The summed E-state index contributed by atoms with van der Waals surface area (Å²) in [5.41, 5.74) is 0.594. The van der Waals surface area contributed by atoms with Gasteiger partial charge in [0.25, 0.3) is 5.91 Å². The van der Waals surface area contributed by atoms with Crippen LogP contribution in [0.2, 0.25) is 5.02 Å². The summed E-state index contributed by atoms with van der Waals surface area (Å²) < 4.78 is 6.27. The van der Waals surface area contributed by atoms with Crippen molar-refractivity contribution in [2.24, 2.45) is 0 Å². The summed E-state index contributed by atoms with van der Waals surface area (Å²) >= 11 is 9.33. The van der Waals surface area contributed by atoms with Gasteiger partial charge in [-0.15, -0.1) is 0 Å². The molecular formula is C16H17BrClNO2. The van der Waals surface area contributed by atoms with Crippen molar-refractivity contribution in [3.05, 3.63) is 56.9 Å². The van der Waals surface area contributed by atoms with Gasteiger partial charge in [0.15, 0.2) is 0 Å². The van der Waals surface area contributed by atoms with Crippen molar-refractivity contribution < 1.29 is 9.21 Å². The Balaban J connectivity index is 2.27. The van der Waals surface area contributed by atoms with Gasteiger partial charge in [-0.3, -0.25) is 4.79 Å². The largest absolute Gasteiger partial charge is 0.464 e. The molecule has 0 bridgehead atoms. The van der Waals surface area contributed by atoms with E-state index in [1.165, 1.54) is 0 Å². The zero-order valence-corrected chi connectivity index (χ0v) is 14.5. The molecule has 2 aromatic rings. The zero-order valence-electron chi connectivity index (χ0n) is 12.2. The van der Waals surface area contributed by atoms with Gasteiger partial charge in [-0.1, -0.05) is 11.6 Å². The first-order valence-corrected chi connectivity index (χ1v) is 7.87. The molecule has 1 heterocycles. The average Bonchev–Trinajstić information content (AvgIpc) is 2.80. The molecule has 2 rings (SSSR count). The molecule has 0 aliphatic rings. The number of rotatable bonds is 4. The second kappa shape index (κ2) is 6.67. The van der Waals surface area contributed by atoms with E-state index in [0.717, 1.165) is 11.5 Å². The number of furan rings is 1. The number of hydrogen-bond donors (Lipinski definition) is 0. The van der Waals surface area contributed by atoms with Gasteiger partial charge in [0.1, 0.15) is 11.5 Å². The summed E-state index contributed by atoms with van der Waals surface area (Å²) in [6, 6.07) is 9.04. The van der Waals surface area contributed by atoms with Crippen LogP contribution in [0.25, 0.3) is 0 Å². The highest BCUT2D eigenvalue weighted by Crippen LogP contribution is 2.24. The Bertz CT molecular complexity index is 651.